The van der Waals surface area contributed by atoms with Gasteiger partial charge in [0.1, 0.15) is 23.9 Å². The lowest BCUT2D eigenvalue weighted by atomic mass is 10.0. The molecule has 4 aromatic rings. The second-order valence-electron chi connectivity index (χ2n) is 9.25. The Kier molecular flexibility index (Phi) is 7.69. The quantitative estimate of drug-likeness (QED) is 0.341. The van der Waals surface area contributed by atoms with Gasteiger partial charge in [-0.25, -0.2) is 4.68 Å². The summed E-state index contributed by atoms with van der Waals surface area (Å²) in [5, 5.41) is 13.4. The third kappa shape index (κ3) is 5.73. The Labute approximate surface area is 214 Å². The van der Waals surface area contributed by atoms with Crippen LogP contribution < -0.4 is 10.1 Å². The number of nitrogens with one attached hydrogen (secondary N) is 1. The van der Waals surface area contributed by atoms with Gasteiger partial charge in [0, 0.05) is 17.0 Å². The summed E-state index contributed by atoms with van der Waals surface area (Å²) in [6, 6.07) is 18.0. The maximum absolute atomic E-state index is 13.9. The van der Waals surface area contributed by atoms with Crippen molar-refractivity contribution in [1.29, 1.82) is 0 Å². The molecule has 1 atom stereocenters. The van der Waals surface area contributed by atoms with E-state index in [0.717, 1.165) is 22.4 Å². The molecule has 0 saturated heterocycles. The minimum Gasteiger partial charge on any atom is -0.497 e. The van der Waals surface area contributed by atoms with E-state index in [1.165, 1.54) is 11.3 Å². The largest absolute Gasteiger partial charge is 0.497 e. The van der Waals surface area contributed by atoms with E-state index >= 15 is 0 Å². The molecule has 0 fully saturated rings. The van der Waals surface area contributed by atoms with Gasteiger partial charge in [-0.1, -0.05) is 42.5 Å². The van der Waals surface area contributed by atoms with Crippen LogP contribution in [-0.2, 0) is 22.7 Å². The number of methoxy groups -OCH3 is 1. The highest BCUT2D eigenvalue weighted by Crippen LogP contribution is 2.29. The van der Waals surface area contributed by atoms with Crippen molar-refractivity contribution >= 4 is 34.2 Å². The lowest BCUT2D eigenvalue weighted by Gasteiger charge is -2.34. The number of fused-ring (bicyclic) bond motifs is 1. The lowest BCUT2D eigenvalue weighted by molar-refractivity contribution is -0.142. The Morgan fingerprint density at radius 1 is 1.14 bits per heavy atom. The molecule has 36 heavy (non-hydrogen) atoms. The molecule has 2 aromatic carbocycles. The average Bonchev–Trinajstić information content (AvgIpc) is 3.54. The summed E-state index contributed by atoms with van der Waals surface area (Å²) in [6.45, 7) is 6.16. The Morgan fingerprint density at radius 2 is 1.94 bits per heavy atom. The fraction of sp³-hybridized carbons (Fsp3) is 0.333. The fourth-order valence-electron chi connectivity index (χ4n) is 3.91. The highest BCUT2D eigenvalue weighted by molar-refractivity contribution is 7.10. The fourth-order valence-corrected chi connectivity index (χ4v) is 4.74. The zero-order chi connectivity index (χ0) is 25.7. The molecule has 8 nitrogen and oxygen atoms in total. The minimum absolute atomic E-state index is 0.0448. The number of para-hydroxylation sites is 1. The molecule has 9 heteroatoms. The van der Waals surface area contributed by atoms with E-state index in [1.807, 2.05) is 86.8 Å². The normalized spacial score (nSPS) is 12.3. The predicted octanol–water partition coefficient (Wildman–Crippen LogP) is 4.58. The summed E-state index contributed by atoms with van der Waals surface area (Å²) in [6.07, 6.45) is 0.755. The number of carbonyl (C=O) groups excluding carboxylic acids is 2. The average molecular weight is 506 g/mol. The molecular weight excluding hydrogens is 474 g/mol. The zero-order valence-electron chi connectivity index (χ0n) is 21.0. The number of carbonyl (C=O) groups is 2. The number of hydrogen-bond acceptors (Lipinski definition) is 6. The van der Waals surface area contributed by atoms with Gasteiger partial charge in [-0.2, -0.15) is 0 Å². The Bertz CT molecular complexity index is 1330. The van der Waals surface area contributed by atoms with Crippen molar-refractivity contribution in [2.75, 3.05) is 7.11 Å². The van der Waals surface area contributed by atoms with Crippen LogP contribution in [0.1, 0.15) is 43.7 Å². The smallest absolute Gasteiger partial charge is 0.248 e. The van der Waals surface area contributed by atoms with Crippen LogP contribution in [0.5, 0.6) is 5.75 Å². The standard InChI is InChI=1S/C27H31N5O3S/c1-5-27(2,3)28-26(34)25(23-14-9-15-36-23)31(17-19-10-8-11-20(16-19)35-4)24(33)18-32-22-13-7-6-12-21(22)29-30-32/h6-16,25H,5,17-18H2,1-4H3,(H,28,34). The van der Waals surface area contributed by atoms with Crippen molar-refractivity contribution in [3.8, 4) is 5.75 Å². The third-order valence-corrected chi connectivity index (χ3v) is 7.16. The van der Waals surface area contributed by atoms with Gasteiger partial charge in [0.2, 0.25) is 11.8 Å². The molecule has 2 aromatic heterocycles. The monoisotopic (exact) mass is 505 g/mol. The Hall–Kier alpha value is -3.72. The summed E-state index contributed by atoms with van der Waals surface area (Å²) < 4.78 is 6.97. The highest BCUT2D eigenvalue weighted by Gasteiger charge is 2.35. The topological polar surface area (TPSA) is 89.4 Å². The number of ether oxygens (including phenoxy) is 1. The summed E-state index contributed by atoms with van der Waals surface area (Å²) in [7, 11) is 1.60. The summed E-state index contributed by atoms with van der Waals surface area (Å²) in [5.74, 6) is 0.228. The Morgan fingerprint density at radius 3 is 2.67 bits per heavy atom. The van der Waals surface area contributed by atoms with Crippen LogP contribution in [0.4, 0.5) is 0 Å². The van der Waals surface area contributed by atoms with Crippen LogP contribution in [0, 0.1) is 0 Å². The molecule has 2 amide bonds. The maximum atomic E-state index is 13.9. The first-order valence-electron chi connectivity index (χ1n) is 11.9. The van der Waals surface area contributed by atoms with Gasteiger partial charge in [0.05, 0.1) is 12.6 Å². The van der Waals surface area contributed by atoms with Crippen molar-refractivity contribution in [3.05, 3.63) is 76.5 Å². The molecule has 4 rings (SSSR count). The van der Waals surface area contributed by atoms with Crippen LogP contribution in [0.3, 0.4) is 0 Å². The van der Waals surface area contributed by atoms with Gasteiger partial charge in [-0.3, -0.25) is 9.59 Å². The van der Waals surface area contributed by atoms with Gasteiger partial charge < -0.3 is 15.0 Å². The molecule has 2 heterocycles. The van der Waals surface area contributed by atoms with Crippen molar-refractivity contribution in [1.82, 2.24) is 25.2 Å². The molecular formula is C27H31N5O3S. The first-order valence-corrected chi connectivity index (χ1v) is 12.8. The van der Waals surface area contributed by atoms with E-state index in [0.29, 0.717) is 11.3 Å². The first-order chi connectivity index (χ1) is 17.3. The van der Waals surface area contributed by atoms with E-state index in [-0.39, 0.29) is 24.9 Å². The number of nitrogens with zero attached hydrogens (tertiary/aromatic N) is 4. The van der Waals surface area contributed by atoms with Crippen LogP contribution >= 0.6 is 11.3 Å². The first kappa shape index (κ1) is 25.4. The third-order valence-electron chi connectivity index (χ3n) is 6.23. The summed E-state index contributed by atoms with van der Waals surface area (Å²) >= 11 is 1.45. The molecule has 1 N–H and O–H groups in total. The van der Waals surface area contributed by atoms with E-state index < -0.39 is 11.6 Å². The van der Waals surface area contributed by atoms with Crippen molar-refractivity contribution < 1.29 is 14.3 Å². The molecule has 0 aliphatic heterocycles. The molecule has 0 aliphatic carbocycles. The molecule has 0 saturated carbocycles. The van der Waals surface area contributed by atoms with E-state index in [9.17, 15) is 9.59 Å². The molecule has 1 unspecified atom stereocenters. The number of thiophene rings is 1. The predicted molar refractivity (Wildman–Crippen MR) is 141 cm³/mol. The van der Waals surface area contributed by atoms with E-state index in [2.05, 4.69) is 15.6 Å². The van der Waals surface area contributed by atoms with Gasteiger partial charge in [0.15, 0.2) is 0 Å². The minimum atomic E-state index is -0.802. The number of aromatic nitrogens is 3. The molecule has 0 aliphatic rings. The summed E-state index contributed by atoms with van der Waals surface area (Å²) in [5.41, 5.74) is 1.91. The van der Waals surface area contributed by atoms with Crippen molar-refractivity contribution in [3.63, 3.8) is 0 Å². The van der Waals surface area contributed by atoms with Gasteiger partial charge in [-0.05, 0) is 61.5 Å². The molecule has 0 radical (unpaired) electrons. The van der Waals surface area contributed by atoms with E-state index in [4.69, 9.17) is 4.74 Å². The maximum Gasteiger partial charge on any atom is 0.248 e. The lowest BCUT2D eigenvalue weighted by Crippen LogP contribution is -2.50. The van der Waals surface area contributed by atoms with Crippen LogP contribution in [0.15, 0.2) is 66.0 Å². The van der Waals surface area contributed by atoms with Gasteiger partial charge >= 0.3 is 0 Å². The number of rotatable bonds is 10. The van der Waals surface area contributed by atoms with E-state index in [1.54, 1.807) is 16.7 Å². The van der Waals surface area contributed by atoms with Crippen LogP contribution in [0.25, 0.3) is 11.0 Å². The van der Waals surface area contributed by atoms with Crippen molar-refractivity contribution in [2.45, 2.75) is 51.9 Å². The zero-order valence-corrected chi connectivity index (χ0v) is 21.8. The summed E-state index contributed by atoms with van der Waals surface area (Å²) in [4.78, 5) is 30.1. The highest BCUT2D eigenvalue weighted by atomic mass is 32.1. The second kappa shape index (κ2) is 10.9. The second-order valence-corrected chi connectivity index (χ2v) is 10.2. The SMILES string of the molecule is CCC(C)(C)NC(=O)C(c1cccs1)N(Cc1cccc(OC)c1)C(=O)Cn1nnc2ccccc21. The van der Waals surface area contributed by atoms with Gasteiger partial charge in [0.25, 0.3) is 0 Å². The van der Waals surface area contributed by atoms with Gasteiger partial charge in [-0.15, -0.1) is 16.4 Å². The van der Waals surface area contributed by atoms with Crippen LogP contribution in [-0.4, -0.2) is 44.4 Å². The van der Waals surface area contributed by atoms with Crippen molar-refractivity contribution in [2.24, 2.45) is 0 Å². The molecule has 0 spiro atoms. The molecule has 0 bridgehead atoms. The number of hydrogen-bond donors (Lipinski definition) is 1. The Balaban J connectivity index is 1.73. The number of benzene rings is 2. The molecule has 188 valence electrons. The number of amides is 2. The van der Waals surface area contributed by atoms with Crippen LogP contribution in [0.2, 0.25) is 0 Å².